The third kappa shape index (κ3) is 4.63. The molecule has 0 aromatic heterocycles. The summed E-state index contributed by atoms with van der Waals surface area (Å²) in [7, 11) is 0. The van der Waals surface area contributed by atoms with Crippen molar-refractivity contribution >= 4 is 29.3 Å². The van der Waals surface area contributed by atoms with E-state index in [2.05, 4.69) is 65.8 Å². The summed E-state index contributed by atoms with van der Waals surface area (Å²) in [6.45, 7) is 13.8. The van der Waals surface area contributed by atoms with Crippen molar-refractivity contribution in [3.8, 4) is 0 Å². The Morgan fingerprint density at radius 3 is 2.18 bits per heavy atom. The average Bonchev–Trinajstić information content (AvgIpc) is 3.59. The van der Waals surface area contributed by atoms with Crippen molar-refractivity contribution in [2.24, 2.45) is 69.0 Å². The molecule has 0 N–H and O–H groups in total. The smallest absolute Gasteiger partial charge is 0.338 e. The lowest BCUT2D eigenvalue weighted by Gasteiger charge is -2.74. The molecule has 7 aliphatic rings. The number of benzene rings is 1. The number of fused-ring (bicyclic) bond motifs is 1. The lowest BCUT2D eigenvalue weighted by Crippen LogP contribution is -2.72. The van der Waals surface area contributed by atoms with Gasteiger partial charge < -0.3 is 9.47 Å². The van der Waals surface area contributed by atoms with Crippen LogP contribution in [0.1, 0.15) is 96.8 Å². The van der Waals surface area contributed by atoms with Gasteiger partial charge in [0.05, 0.1) is 33.3 Å². The molecule has 0 unspecified atom stereocenters. The number of hydrogen-bond acceptors (Lipinski definition) is 9. The first-order chi connectivity index (χ1) is 23.5. The molecule has 1 aromatic rings. The molecule has 0 amide bonds. The zero-order chi connectivity index (χ0) is 36.1. The van der Waals surface area contributed by atoms with Gasteiger partial charge in [-0.1, -0.05) is 65.8 Å². The topological polar surface area (TPSA) is 156 Å². The Balaban J connectivity index is 1.23. The Hall–Kier alpha value is -3.89. The zero-order valence-corrected chi connectivity index (χ0v) is 29.8. The fourth-order valence-electron chi connectivity index (χ4n) is 12.4. The highest BCUT2D eigenvalue weighted by molar-refractivity contribution is 5.99. The molecule has 2 bridgehead atoms. The molecular formula is C39H48N2O9. The van der Waals surface area contributed by atoms with Crippen molar-refractivity contribution in [1.29, 1.82) is 0 Å². The average molecular weight is 689 g/mol. The minimum Gasteiger partial charge on any atom is -0.459 e. The Labute approximate surface area is 292 Å². The summed E-state index contributed by atoms with van der Waals surface area (Å²) in [4.78, 5) is 62.5. The molecule has 268 valence electrons. The molecule has 2 spiro atoms. The van der Waals surface area contributed by atoms with Crippen molar-refractivity contribution in [3.63, 3.8) is 0 Å². The Morgan fingerprint density at radius 1 is 0.880 bits per heavy atom. The molecular weight excluding hydrogens is 640 g/mol. The fourth-order valence-corrected chi connectivity index (χ4v) is 12.4. The number of ether oxygens (including phenoxy) is 2. The van der Waals surface area contributed by atoms with Crippen LogP contribution >= 0.6 is 0 Å². The summed E-state index contributed by atoms with van der Waals surface area (Å²) < 4.78 is 11.5. The van der Waals surface area contributed by atoms with Crippen molar-refractivity contribution in [2.45, 2.75) is 92.6 Å². The van der Waals surface area contributed by atoms with Crippen LogP contribution in [0.5, 0.6) is 0 Å². The normalized spacial score (nSPS) is 40.9. The molecule has 1 saturated heterocycles. The zero-order valence-electron chi connectivity index (χ0n) is 29.8. The van der Waals surface area contributed by atoms with Gasteiger partial charge in [0.15, 0.2) is 0 Å². The number of carbonyl (C=O) groups excluding carboxylic acids is 3. The molecule has 1 aliphatic heterocycles. The van der Waals surface area contributed by atoms with E-state index in [9.17, 15) is 34.6 Å². The molecule has 50 heavy (non-hydrogen) atoms. The van der Waals surface area contributed by atoms with Crippen LogP contribution in [0, 0.1) is 89.2 Å². The van der Waals surface area contributed by atoms with Crippen molar-refractivity contribution in [1.82, 2.24) is 0 Å². The quantitative estimate of drug-likeness (QED) is 0.0867. The van der Waals surface area contributed by atoms with Crippen LogP contribution in [0.3, 0.4) is 0 Å². The molecule has 6 aliphatic carbocycles. The Morgan fingerprint density at radius 2 is 1.54 bits per heavy atom. The van der Waals surface area contributed by atoms with Gasteiger partial charge in [-0.25, -0.2) is 4.79 Å². The van der Waals surface area contributed by atoms with Gasteiger partial charge in [-0.2, -0.15) is 0 Å². The van der Waals surface area contributed by atoms with Gasteiger partial charge in [-0.3, -0.25) is 29.8 Å². The second-order valence-electron chi connectivity index (χ2n) is 17.2. The number of esters is 3. The van der Waals surface area contributed by atoms with E-state index in [1.165, 1.54) is 0 Å². The first kappa shape index (κ1) is 34.6. The molecule has 5 fully saturated rings. The summed E-state index contributed by atoms with van der Waals surface area (Å²) in [5, 5.41) is 22.9. The van der Waals surface area contributed by atoms with Crippen molar-refractivity contribution in [2.75, 3.05) is 0 Å². The van der Waals surface area contributed by atoms with Crippen LogP contribution in [0.25, 0.3) is 0 Å². The summed E-state index contributed by atoms with van der Waals surface area (Å²) in [6.07, 6.45) is 14.0. The number of allylic oxidation sites excluding steroid dienone is 4. The number of rotatable bonds is 8. The van der Waals surface area contributed by atoms with Crippen LogP contribution < -0.4 is 0 Å². The number of carbonyl (C=O) groups is 3. The number of non-ortho nitro benzene ring substituents is 2. The number of hydrogen-bond donors (Lipinski definition) is 0. The molecule has 4 saturated carbocycles. The highest BCUT2D eigenvalue weighted by Crippen LogP contribution is 2.82. The van der Waals surface area contributed by atoms with E-state index >= 15 is 0 Å². The second-order valence-corrected chi connectivity index (χ2v) is 17.2. The van der Waals surface area contributed by atoms with Gasteiger partial charge >= 0.3 is 17.9 Å². The van der Waals surface area contributed by atoms with E-state index in [4.69, 9.17) is 9.47 Å². The summed E-state index contributed by atoms with van der Waals surface area (Å²) in [6, 6.07) is 2.77. The Bertz CT molecular complexity index is 1700. The molecule has 11 nitrogen and oxygen atoms in total. The first-order valence-corrected chi connectivity index (χ1v) is 18.3. The second kappa shape index (κ2) is 11.6. The fraction of sp³-hybridized carbons (Fsp3) is 0.667. The third-order valence-corrected chi connectivity index (χ3v) is 15.0. The van der Waals surface area contributed by atoms with E-state index in [0.29, 0.717) is 42.9 Å². The SMILES string of the molecule is CC(C)[C@@H](C)/C=C/[C@@H](C)[C@@H]1CC[C@@H]2[C@]1(C)CC[C@@H]1[C@@]23C=C[C@@]2(C[C@H](OC(=O)c4cc([N+](=O)[O-])cc([N+](=O)[O-])c4)CC[C@@]12C)[C@@H]1C(=O)OC(=O)[C@@H]13. The molecule has 11 heteroatoms. The van der Waals surface area contributed by atoms with E-state index in [1.54, 1.807) is 0 Å². The summed E-state index contributed by atoms with van der Waals surface area (Å²) in [5.74, 6) is -0.897. The maximum absolute atomic E-state index is 13.9. The highest BCUT2D eigenvalue weighted by Gasteiger charge is 2.81. The molecule has 1 aromatic carbocycles. The predicted octanol–water partition coefficient (Wildman–Crippen LogP) is 8.02. The van der Waals surface area contributed by atoms with Crippen LogP contribution in [0.15, 0.2) is 42.5 Å². The van der Waals surface area contributed by atoms with E-state index in [1.807, 2.05) is 0 Å². The van der Waals surface area contributed by atoms with Gasteiger partial charge in [0.1, 0.15) is 6.10 Å². The van der Waals surface area contributed by atoms with E-state index in [-0.39, 0.29) is 28.2 Å². The van der Waals surface area contributed by atoms with Gasteiger partial charge in [0.25, 0.3) is 11.4 Å². The minimum atomic E-state index is -0.898. The lowest BCUT2D eigenvalue weighted by atomic mass is 9.28. The largest absolute Gasteiger partial charge is 0.459 e. The third-order valence-electron chi connectivity index (χ3n) is 15.0. The maximum atomic E-state index is 13.9. The monoisotopic (exact) mass is 688 g/mol. The summed E-state index contributed by atoms with van der Waals surface area (Å²) >= 11 is 0. The highest BCUT2D eigenvalue weighted by atomic mass is 16.6. The predicted molar refractivity (Wildman–Crippen MR) is 182 cm³/mol. The van der Waals surface area contributed by atoms with E-state index in [0.717, 1.165) is 43.9 Å². The van der Waals surface area contributed by atoms with E-state index < -0.39 is 67.9 Å². The molecule has 1 heterocycles. The van der Waals surface area contributed by atoms with Gasteiger partial charge in [-0.05, 0) is 91.3 Å². The summed E-state index contributed by atoms with van der Waals surface area (Å²) in [5.41, 5.74) is -3.11. The molecule has 12 atom stereocenters. The van der Waals surface area contributed by atoms with Crippen LogP contribution in [-0.2, 0) is 19.1 Å². The van der Waals surface area contributed by atoms with Crippen LogP contribution in [0.4, 0.5) is 11.4 Å². The van der Waals surface area contributed by atoms with Crippen LogP contribution in [0.2, 0.25) is 0 Å². The first-order valence-electron chi connectivity index (χ1n) is 18.3. The van der Waals surface area contributed by atoms with Crippen molar-refractivity contribution < 1.29 is 33.7 Å². The minimum absolute atomic E-state index is 0.0104. The lowest BCUT2D eigenvalue weighted by molar-refractivity contribution is -0.394. The maximum Gasteiger partial charge on any atom is 0.338 e. The molecule has 8 rings (SSSR count). The molecule has 0 radical (unpaired) electrons. The standard InChI is InChI=1S/C39H48N2O9/c1-21(2)22(3)7-8-23(4)28-9-10-29-36(28,5)13-12-30-37(6)14-11-27(49-33(42)24-17-25(40(45)46)19-26(18-24)41(47)48)20-38(37)15-16-39(29,30)32-31(38)34(43)50-35(32)44/h7-8,15-19,21-23,27-32H,9-14,20H2,1-6H3/b8-7+/t22-,23+,27+,28-,29+,30-,31-,32+,36+,37-,38+,39+/m0/s1. The van der Waals surface area contributed by atoms with Gasteiger partial charge in [0, 0.05) is 23.0 Å². The van der Waals surface area contributed by atoms with Crippen molar-refractivity contribution in [3.05, 3.63) is 68.3 Å². The number of cyclic esters (lactones) is 2. The number of nitrogens with zero attached hydrogens (tertiary/aromatic N) is 2. The number of nitro groups is 2. The van der Waals surface area contributed by atoms with Gasteiger partial charge in [-0.15, -0.1) is 0 Å². The van der Waals surface area contributed by atoms with Gasteiger partial charge in [0.2, 0.25) is 0 Å². The Kier molecular flexibility index (Phi) is 7.99. The number of nitro benzene ring substituents is 2. The van der Waals surface area contributed by atoms with Crippen LogP contribution in [-0.4, -0.2) is 33.9 Å².